The Kier molecular flexibility index (Phi) is 3.59. The number of hydrogen-bond donors (Lipinski definition) is 2. The summed E-state index contributed by atoms with van der Waals surface area (Å²) < 4.78 is 5.49. The van der Waals surface area contributed by atoms with E-state index in [1.54, 1.807) is 0 Å². The highest BCUT2D eigenvalue weighted by atomic mass is 16.5. The van der Waals surface area contributed by atoms with E-state index in [1.165, 1.54) is 0 Å². The summed E-state index contributed by atoms with van der Waals surface area (Å²) in [6.07, 6.45) is 4.21. The summed E-state index contributed by atoms with van der Waals surface area (Å²) in [6.45, 7) is 3.88. The molecule has 2 aliphatic heterocycles. The molecule has 0 bridgehead atoms. The van der Waals surface area contributed by atoms with E-state index < -0.39 is 0 Å². The second-order valence-corrected chi connectivity index (χ2v) is 4.61. The monoisotopic (exact) mass is 212 g/mol. The Labute approximate surface area is 90.8 Å². The summed E-state index contributed by atoms with van der Waals surface area (Å²) in [5.41, 5.74) is 0. The van der Waals surface area contributed by atoms with Gasteiger partial charge in [-0.3, -0.25) is 4.79 Å². The van der Waals surface area contributed by atoms with Crippen LogP contribution in [0.15, 0.2) is 0 Å². The zero-order valence-electron chi connectivity index (χ0n) is 9.29. The highest BCUT2D eigenvalue weighted by Crippen LogP contribution is 2.13. The van der Waals surface area contributed by atoms with Crippen LogP contribution in [-0.4, -0.2) is 37.2 Å². The lowest BCUT2D eigenvalue weighted by molar-refractivity contribution is -0.119. The molecule has 2 heterocycles. The summed E-state index contributed by atoms with van der Waals surface area (Å²) >= 11 is 0. The molecule has 0 radical (unpaired) electrons. The molecule has 3 atom stereocenters. The van der Waals surface area contributed by atoms with Gasteiger partial charge in [0.15, 0.2) is 0 Å². The van der Waals surface area contributed by atoms with Crippen molar-refractivity contribution in [3.05, 3.63) is 0 Å². The van der Waals surface area contributed by atoms with Gasteiger partial charge >= 0.3 is 0 Å². The summed E-state index contributed by atoms with van der Waals surface area (Å²) in [6, 6.07) is 0.905. The lowest BCUT2D eigenvalue weighted by Crippen LogP contribution is -2.44. The van der Waals surface area contributed by atoms with Crippen LogP contribution < -0.4 is 10.6 Å². The quantitative estimate of drug-likeness (QED) is 0.713. The standard InChI is InChI=1S/C11H20N2O2/c1-8-6-9(4-5-15-8)12-7-10-2-3-11(14)13-10/h8-10,12H,2-7H2,1H3,(H,13,14). The van der Waals surface area contributed by atoms with Crippen LogP contribution in [0.1, 0.15) is 32.6 Å². The van der Waals surface area contributed by atoms with Gasteiger partial charge in [-0.25, -0.2) is 0 Å². The van der Waals surface area contributed by atoms with Crippen molar-refractivity contribution in [1.82, 2.24) is 10.6 Å². The first-order chi connectivity index (χ1) is 7.24. The average Bonchev–Trinajstić information content (AvgIpc) is 2.62. The molecule has 0 spiro atoms. The molecule has 4 heteroatoms. The van der Waals surface area contributed by atoms with Crippen molar-refractivity contribution in [2.24, 2.45) is 0 Å². The minimum Gasteiger partial charge on any atom is -0.378 e. The second-order valence-electron chi connectivity index (χ2n) is 4.61. The highest BCUT2D eigenvalue weighted by molar-refractivity contribution is 5.78. The summed E-state index contributed by atoms with van der Waals surface area (Å²) in [4.78, 5) is 11.0. The summed E-state index contributed by atoms with van der Waals surface area (Å²) in [5.74, 6) is 0.196. The van der Waals surface area contributed by atoms with Crippen molar-refractivity contribution < 1.29 is 9.53 Å². The van der Waals surface area contributed by atoms with Crippen LogP contribution in [0.3, 0.4) is 0 Å². The van der Waals surface area contributed by atoms with Gasteiger partial charge in [-0.1, -0.05) is 0 Å². The second kappa shape index (κ2) is 4.94. The third-order valence-corrected chi connectivity index (χ3v) is 3.22. The van der Waals surface area contributed by atoms with Crippen molar-refractivity contribution in [1.29, 1.82) is 0 Å². The first-order valence-electron chi connectivity index (χ1n) is 5.88. The van der Waals surface area contributed by atoms with Crippen LogP contribution in [0, 0.1) is 0 Å². The maximum Gasteiger partial charge on any atom is 0.220 e. The van der Waals surface area contributed by atoms with Crippen molar-refractivity contribution in [3.63, 3.8) is 0 Å². The van der Waals surface area contributed by atoms with E-state index >= 15 is 0 Å². The predicted molar refractivity (Wildman–Crippen MR) is 57.6 cm³/mol. The third kappa shape index (κ3) is 3.18. The minimum absolute atomic E-state index is 0.196. The minimum atomic E-state index is 0.196. The van der Waals surface area contributed by atoms with Crippen LogP contribution in [0.2, 0.25) is 0 Å². The molecule has 2 N–H and O–H groups in total. The normalized spacial score (nSPS) is 36.6. The Bertz CT molecular complexity index is 233. The van der Waals surface area contributed by atoms with E-state index in [1.807, 2.05) is 0 Å². The predicted octanol–water partition coefficient (Wildman–Crippen LogP) is 0.422. The molecule has 2 rings (SSSR count). The molecular formula is C11H20N2O2. The van der Waals surface area contributed by atoms with Crippen molar-refractivity contribution in [2.45, 2.75) is 50.8 Å². The van der Waals surface area contributed by atoms with E-state index in [0.717, 1.165) is 32.4 Å². The smallest absolute Gasteiger partial charge is 0.220 e. The zero-order chi connectivity index (χ0) is 10.7. The molecule has 2 aliphatic rings. The Hall–Kier alpha value is -0.610. The van der Waals surface area contributed by atoms with Gasteiger partial charge in [0, 0.05) is 31.7 Å². The van der Waals surface area contributed by atoms with Gasteiger partial charge in [-0.05, 0) is 26.2 Å². The molecule has 0 aliphatic carbocycles. The lowest BCUT2D eigenvalue weighted by Gasteiger charge is -2.29. The van der Waals surface area contributed by atoms with Gasteiger partial charge in [0.1, 0.15) is 0 Å². The van der Waals surface area contributed by atoms with Gasteiger partial charge in [0.2, 0.25) is 5.91 Å². The lowest BCUT2D eigenvalue weighted by atomic mass is 10.0. The van der Waals surface area contributed by atoms with Gasteiger partial charge < -0.3 is 15.4 Å². The molecule has 0 aromatic rings. The van der Waals surface area contributed by atoms with E-state index in [-0.39, 0.29) is 5.91 Å². The number of carbonyl (C=O) groups excluding carboxylic acids is 1. The number of hydrogen-bond acceptors (Lipinski definition) is 3. The van der Waals surface area contributed by atoms with Crippen LogP contribution in [0.4, 0.5) is 0 Å². The Morgan fingerprint density at radius 3 is 3.07 bits per heavy atom. The molecular weight excluding hydrogens is 192 g/mol. The van der Waals surface area contributed by atoms with Crippen LogP contribution in [0.25, 0.3) is 0 Å². The number of rotatable bonds is 3. The van der Waals surface area contributed by atoms with Crippen LogP contribution in [0.5, 0.6) is 0 Å². The maximum atomic E-state index is 11.0. The molecule has 0 aromatic heterocycles. The van der Waals surface area contributed by atoms with Gasteiger partial charge in [-0.15, -0.1) is 0 Å². The molecule has 0 aromatic carbocycles. The van der Waals surface area contributed by atoms with E-state index in [9.17, 15) is 4.79 Å². The van der Waals surface area contributed by atoms with E-state index in [4.69, 9.17) is 4.74 Å². The summed E-state index contributed by atoms with van der Waals surface area (Å²) in [5, 5.41) is 6.49. The highest BCUT2D eigenvalue weighted by Gasteiger charge is 2.23. The van der Waals surface area contributed by atoms with E-state index in [2.05, 4.69) is 17.6 Å². The third-order valence-electron chi connectivity index (χ3n) is 3.22. The first kappa shape index (κ1) is 10.9. The molecule has 86 valence electrons. The Morgan fingerprint density at radius 2 is 2.40 bits per heavy atom. The SMILES string of the molecule is CC1CC(NCC2CCC(=O)N2)CCO1. The molecule has 2 fully saturated rings. The fourth-order valence-corrected chi connectivity index (χ4v) is 2.32. The fraction of sp³-hybridized carbons (Fsp3) is 0.909. The number of carbonyl (C=O) groups is 1. The molecule has 4 nitrogen and oxygen atoms in total. The molecule has 3 unspecified atom stereocenters. The first-order valence-corrected chi connectivity index (χ1v) is 5.88. The zero-order valence-corrected chi connectivity index (χ0v) is 9.29. The van der Waals surface area contributed by atoms with Gasteiger partial charge in [-0.2, -0.15) is 0 Å². The number of nitrogens with one attached hydrogen (secondary N) is 2. The molecule has 15 heavy (non-hydrogen) atoms. The maximum absolute atomic E-state index is 11.0. The van der Waals surface area contributed by atoms with Crippen molar-refractivity contribution >= 4 is 5.91 Å². The molecule has 0 saturated carbocycles. The van der Waals surface area contributed by atoms with Gasteiger partial charge in [0.05, 0.1) is 6.10 Å². The fourth-order valence-electron chi connectivity index (χ4n) is 2.32. The van der Waals surface area contributed by atoms with Crippen molar-refractivity contribution in [2.75, 3.05) is 13.2 Å². The Balaban J connectivity index is 1.66. The number of ether oxygens (including phenoxy) is 1. The molecule has 2 saturated heterocycles. The van der Waals surface area contributed by atoms with Crippen molar-refractivity contribution in [3.8, 4) is 0 Å². The van der Waals surface area contributed by atoms with E-state index in [0.29, 0.717) is 24.6 Å². The summed E-state index contributed by atoms with van der Waals surface area (Å²) in [7, 11) is 0. The van der Waals surface area contributed by atoms with Crippen LogP contribution in [-0.2, 0) is 9.53 Å². The largest absolute Gasteiger partial charge is 0.378 e. The van der Waals surface area contributed by atoms with Crippen LogP contribution >= 0.6 is 0 Å². The Morgan fingerprint density at radius 1 is 1.53 bits per heavy atom. The molecule has 1 amide bonds. The van der Waals surface area contributed by atoms with Gasteiger partial charge in [0.25, 0.3) is 0 Å². The topological polar surface area (TPSA) is 50.4 Å². The average molecular weight is 212 g/mol. The number of amides is 1.